The number of aryl methyl sites for hydroxylation is 3. The Bertz CT molecular complexity index is 811. The standard InChI is InChI=1S/C17H22N2O3S/c1-12-4-5-17(13(2)8-12)15-6-7-19(10-15)23(20,21)11-16-9-14(3)18-22-16/h4-5,8-9,15H,6-7,10-11H2,1-3H3. The highest BCUT2D eigenvalue weighted by Gasteiger charge is 2.33. The van der Waals surface area contributed by atoms with E-state index in [0.29, 0.717) is 24.5 Å². The van der Waals surface area contributed by atoms with Crippen LogP contribution in [-0.4, -0.2) is 31.0 Å². The van der Waals surface area contributed by atoms with Crippen molar-refractivity contribution in [1.82, 2.24) is 9.46 Å². The quantitative estimate of drug-likeness (QED) is 0.862. The van der Waals surface area contributed by atoms with Crippen LogP contribution in [0.5, 0.6) is 0 Å². The molecule has 2 heterocycles. The molecule has 1 unspecified atom stereocenters. The van der Waals surface area contributed by atoms with Crippen molar-refractivity contribution in [1.29, 1.82) is 0 Å². The molecule has 23 heavy (non-hydrogen) atoms. The first-order chi connectivity index (χ1) is 10.8. The summed E-state index contributed by atoms with van der Waals surface area (Å²) in [6.45, 7) is 7.05. The lowest BCUT2D eigenvalue weighted by atomic mass is 9.93. The van der Waals surface area contributed by atoms with Crippen LogP contribution in [-0.2, 0) is 15.8 Å². The molecule has 1 fully saturated rings. The number of benzene rings is 1. The van der Waals surface area contributed by atoms with E-state index in [1.165, 1.54) is 16.7 Å². The predicted octanol–water partition coefficient (Wildman–Crippen LogP) is 2.92. The number of nitrogens with zero attached hydrogens (tertiary/aromatic N) is 2. The summed E-state index contributed by atoms with van der Waals surface area (Å²) < 4.78 is 31.8. The summed E-state index contributed by atoms with van der Waals surface area (Å²) in [5, 5.41) is 3.75. The lowest BCUT2D eigenvalue weighted by Crippen LogP contribution is -2.29. The second-order valence-electron chi connectivity index (χ2n) is 6.39. The van der Waals surface area contributed by atoms with Crippen LogP contribution in [0.1, 0.15) is 40.5 Å². The van der Waals surface area contributed by atoms with Crippen LogP contribution in [0.15, 0.2) is 28.8 Å². The maximum Gasteiger partial charge on any atom is 0.221 e. The van der Waals surface area contributed by atoms with Crippen LogP contribution in [0.25, 0.3) is 0 Å². The minimum absolute atomic E-state index is 0.118. The maximum absolute atomic E-state index is 12.6. The van der Waals surface area contributed by atoms with Crippen molar-refractivity contribution in [3.8, 4) is 0 Å². The van der Waals surface area contributed by atoms with Crippen LogP contribution in [0.3, 0.4) is 0 Å². The third-order valence-corrected chi connectivity index (χ3v) is 6.18. The first-order valence-electron chi connectivity index (χ1n) is 7.82. The third-order valence-electron chi connectivity index (χ3n) is 4.41. The Morgan fingerprint density at radius 2 is 2.04 bits per heavy atom. The average Bonchev–Trinajstić information content (AvgIpc) is 3.08. The molecule has 1 aliphatic rings. The normalized spacial score (nSPS) is 19.3. The van der Waals surface area contributed by atoms with E-state index in [1.54, 1.807) is 17.3 Å². The van der Waals surface area contributed by atoms with Crippen LogP contribution in [0.2, 0.25) is 0 Å². The van der Waals surface area contributed by atoms with Gasteiger partial charge in [-0.15, -0.1) is 0 Å². The van der Waals surface area contributed by atoms with E-state index >= 15 is 0 Å². The molecule has 1 atom stereocenters. The van der Waals surface area contributed by atoms with E-state index in [0.717, 1.165) is 6.42 Å². The Labute approximate surface area is 137 Å². The zero-order valence-corrected chi connectivity index (χ0v) is 14.6. The molecule has 3 rings (SSSR count). The van der Waals surface area contributed by atoms with Crippen molar-refractivity contribution in [3.05, 3.63) is 52.4 Å². The molecule has 0 amide bonds. The fourth-order valence-corrected chi connectivity index (χ4v) is 4.74. The van der Waals surface area contributed by atoms with Crippen LogP contribution < -0.4 is 0 Å². The van der Waals surface area contributed by atoms with Crippen molar-refractivity contribution >= 4 is 10.0 Å². The lowest BCUT2D eigenvalue weighted by molar-refractivity contribution is 0.384. The Hall–Kier alpha value is -1.66. The van der Waals surface area contributed by atoms with E-state index in [4.69, 9.17) is 4.52 Å². The Kier molecular flexibility index (Phi) is 4.29. The molecule has 5 nitrogen and oxygen atoms in total. The van der Waals surface area contributed by atoms with E-state index in [-0.39, 0.29) is 11.7 Å². The molecular formula is C17H22N2O3S. The summed E-state index contributed by atoms with van der Waals surface area (Å²) in [5.41, 5.74) is 4.42. The van der Waals surface area contributed by atoms with Crippen LogP contribution in [0.4, 0.5) is 0 Å². The highest BCUT2D eigenvalue weighted by molar-refractivity contribution is 7.88. The highest BCUT2D eigenvalue weighted by atomic mass is 32.2. The summed E-state index contributed by atoms with van der Waals surface area (Å²) in [6, 6.07) is 8.06. The van der Waals surface area contributed by atoms with Gasteiger partial charge in [-0.05, 0) is 44.2 Å². The molecular weight excluding hydrogens is 312 g/mol. The largest absolute Gasteiger partial charge is 0.360 e. The van der Waals surface area contributed by atoms with E-state index in [1.807, 2.05) is 0 Å². The summed E-state index contributed by atoms with van der Waals surface area (Å²) in [4.78, 5) is 0. The molecule has 6 heteroatoms. The molecule has 1 aromatic carbocycles. The van der Waals surface area contributed by atoms with Gasteiger partial charge < -0.3 is 4.52 Å². The fraction of sp³-hybridized carbons (Fsp3) is 0.471. The number of sulfonamides is 1. The van der Waals surface area contributed by atoms with Crippen molar-refractivity contribution in [2.45, 2.75) is 38.9 Å². The zero-order valence-electron chi connectivity index (χ0n) is 13.7. The Morgan fingerprint density at radius 1 is 1.26 bits per heavy atom. The van der Waals surface area contributed by atoms with Gasteiger partial charge in [-0.25, -0.2) is 12.7 Å². The van der Waals surface area contributed by atoms with Gasteiger partial charge in [-0.3, -0.25) is 0 Å². The van der Waals surface area contributed by atoms with Crippen molar-refractivity contribution in [3.63, 3.8) is 0 Å². The first kappa shape index (κ1) is 16.2. The van der Waals surface area contributed by atoms with Crippen molar-refractivity contribution in [2.24, 2.45) is 0 Å². The third kappa shape index (κ3) is 3.48. The summed E-state index contributed by atoms with van der Waals surface area (Å²) in [7, 11) is -3.36. The van der Waals surface area contributed by atoms with Gasteiger partial charge in [0.25, 0.3) is 0 Å². The summed E-state index contributed by atoms with van der Waals surface area (Å²) in [6.07, 6.45) is 0.860. The molecule has 0 aliphatic carbocycles. The number of rotatable bonds is 4. The average molecular weight is 334 g/mol. The van der Waals surface area contributed by atoms with Gasteiger partial charge in [0.05, 0.1) is 5.69 Å². The Morgan fingerprint density at radius 3 is 2.70 bits per heavy atom. The molecule has 0 saturated carbocycles. The molecule has 0 bridgehead atoms. The maximum atomic E-state index is 12.6. The molecule has 2 aromatic rings. The van der Waals surface area contributed by atoms with E-state index in [2.05, 4.69) is 37.2 Å². The van der Waals surface area contributed by atoms with Gasteiger partial charge in [0.2, 0.25) is 10.0 Å². The molecule has 0 radical (unpaired) electrons. The second kappa shape index (κ2) is 6.09. The fourth-order valence-electron chi connectivity index (χ4n) is 3.27. The molecule has 1 saturated heterocycles. The number of hydrogen-bond donors (Lipinski definition) is 0. The second-order valence-corrected chi connectivity index (χ2v) is 8.36. The Balaban J connectivity index is 1.73. The minimum atomic E-state index is -3.36. The van der Waals surface area contributed by atoms with E-state index in [9.17, 15) is 8.42 Å². The van der Waals surface area contributed by atoms with Gasteiger partial charge in [0.15, 0.2) is 5.76 Å². The molecule has 0 N–H and O–H groups in total. The van der Waals surface area contributed by atoms with Gasteiger partial charge in [0.1, 0.15) is 5.75 Å². The molecule has 1 aromatic heterocycles. The summed E-state index contributed by atoms with van der Waals surface area (Å²) >= 11 is 0. The van der Waals surface area contributed by atoms with Crippen LogP contribution >= 0.6 is 0 Å². The first-order valence-corrected chi connectivity index (χ1v) is 9.43. The van der Waals surface area contributed by atoms with Gasteiger partial charge >= 0.3 is 0 Å². The highest BCUT2D eigenvalue weighted by Crippen LogP contribution is 2.32. The van der Waals surface area contributed by atoms with Crippen molar-refractivity contribution in [2.75, 3.05) is 13.1 Å². The lowest BCUT2D eigenvalue weighted by Gasteiger charge is -2.17. The smallest absolute Gasteiger partial charge is 0.221 e. The topological polar surface area (TPSA) is 63.4 Å². The zero-order chi connectivity index (χ0) is 16.6. The van der Waals surface area contributed by atoms with E-state index < -0.39 is 10.0 Å². The monoisotopic (exact) mass is 334 g/mol. The van der Waals surface area contributed by atoms with Gasteiger partial charge in [0, 0.05) is 19.2 Å². The minimum Gasteiger partial charge on any atom is -0.360 e. The number of hydrogen-bond acceptors (Lipinski definition) is 4. The predicted molar refractivity (Wildman–Crippen MR) is 88.7 cm³/mol. The van der Waals surface area contributed by atoms with Gasteiger partial charge in [-0.1, -0.05) is 28.9 Å². The number of aromatic nitrogens is 1. The SMILES string of the molecule is Cc1ccc(C2CCN(S(=O)(=O)Cc3cc(C)no3)C2)c(C)c1. The molecule has 124 valence electrons. The summed E-state index contributed by atoms with van der Waals surface area (Å²) in [5.74, 6) is 0.548. The van der Waals surface area contributed by atoms with Crippen LogP contribution in [0, 0.1) is 20.8 Å². The molecule has 0 spiro atoms. The van der Waals surface area contributed by atoms with Gasteiger partial charge in [-0.2, -0.15) is 0 Å². The van der Waals surface area contributed by atoms with Crippen molar-refractivity contribution < 1.29 is 12.9 Å². The molecule has 1 aliphatic heterocycles.